The average Bonchev–Trinajstić information content (AvgIpc) is 3.09. The second-order valence-electron chi connectivity index (χ2n) is 14.0. The van der Waals surface area contributed by atoms with Crippen molar-refractivity contribution in [3.8, 4) is 0 Å². The quantitative estimate of drug-likeness (QED) is 0.365. The van der Waals surface area contributed by atoms with E-state index < -0.39 is 0 Å². The van der Waals surface area contributed by atoms with Crippen LogP contribution in [0.3, 0.4) is 0 Å². The molecular weight excluding hydrogens is 402 g/mol. The number of fused-ring (bicyclic) bond motifs is 5. The molecule has 0 bridgehead atoms. The Kier molecular flexibility index (Phi) is 7.55. The highest BCUT2D eigenvalue weighted by molar-refractivity contribution is 5.96. The summed E-state index contributed by atoms with van der Waals surface area (Å²) in [6.45, 7) is 13.5. The van der Waals surface area contributed by atoms with Crippen LogP contribution in [0.2, 0.25) is 0 Å². The highest BCUT2D eigenvalue weighted by Crippen LogP contribution is 2.68. The Morgan fingerprint density at radius 2 is 1.70 bits per heavy atom. The molecule has 0 aromatic carbocycles. The third-order valence-electron chi connectivity index (χ3n) is 11.3. The topological polar surface area (TPSA) is 20.3 Å². The monoisotopic (exact) mass is 455 g/mol. The van der Waals surface area contributed by atoms with Crippen LogP contribution in [-0.2, 0) is 4.79 Å². The van der Waals surface area contributed by atoms with Gasteiger partial charge in [0.1, 0.15) is 0 Å². The number of ketones is 1. The van der Waals surface area contributed by atoms with E-state index >= 15 is 0 Å². The molecule has 0 aliphatic heterocycles. The lowest BCUT2D eigenvalue weighted by Gasteiger charge is -2.60. The van der Waals surface area contributed by atoms with Crippen molar-refractivity contribution in [1.82, 2.24) is 4.90 Å². The zero-order valence-corrected chi connectivity index (χ0v) is 23.0. The lowest BCUT2D eigenvalue weighted by molar-refractivity contribution is -0.133. The summed E-state index contributed by atoms with van der Waals surface area (Å²) in [5.41, 5.74) is 2.06. The first-order chi connectivity index (χ1) is 15.6. The fraction of sp³-hybridized carbons (Fsp3) is 0.903. The Morgan fingerprint density at radius 3 is 2.39 bits per heavy atom. The van der Waals surface area contributed by atoms with Crippen LogP contribution in [0.15, 0.2) is 11.6 Å². The third kappa shape index (κ3) is 4.76. The van der Waals surface area contributed by atoms with Crippen LogP contribution in [0, 0.1) is 52.3 Å². The molecule has 4 aliphatic carbocycles. The summed E-state index contributed by atoms with van der Waals surface area (Å²) in [5.74, 6) is 6.41. The molecule has 0 saturated heterocycles. The van der Waals surface area contributed by atoms with Crippen LogP contribution < -0.4 is 0 Å². The van der Waals surface area contributed by atoms with Crippen molar-refractivity contribution in [1.29, 1.82) is 0 Å². The van der Waals surface area contributed by atoms with Gasteiger partial charge in [0.25, 0.3) is 0 Å². The molecule has 4 fully saturated rings. The van der Waals surface area contributed by atoms with E-state index in [2.05, 4.69) is 59.7 Å². The smallest absolute Gasteiger partial charge is 0.158 e. The van der Waals surface area contributed by atoms with E-state index in [1.165, 1.54) is 57.8 Å². The Hall–Kier alpha value is -0.630. The number of Topliss-reactive ketones (excluding diaryl/α,β-unsaturated/α-hetero) is 1. The number of allylic oxidation sites excluding steroid dienone is 1. The summed E-state index contributed by atoms with van der Waals surface area (Å²) in [7, 11) is 4.21. The van der Waals surface area contributed by atoms with Crippen molar-refractivity contribution < 1.29 is 4.79 Å². The van der Waals surface area contributed by atoms with Crippen LogP contribution in [-0.4, -0.2) is 31.3 Å². The number of carbonyl (C=O) groups excluding carboxylic acids is 1. The molecule has 0 aromatic rings. The fourth-order valence-corrected chi connectivity index (χ4v) is 9.51. The van der Waals surface area contributed by atoms with E-state index in [-0.39, 0.29) is 0 Å². The molecule has 0 aromatic heterocycles. The molecule has 2 nitrogen and oxygen atoms in total. The molecule has 0 radical (unpaired) electrons. The van der Waals surface area contributed by atoms with Crippen LogP contribution >= 0.6 is 0 Å². The highest BCUT2D eigenvalue weighted by Gasteiger charge is 2.61. The number of nitrogens with zero attached hydrogens (tertiary/aromatic N) is 1. The summed E-state index contributed by atoms with van der Waals surface area (Å²) < 4.78 is 0. The molecule has 188 valence electrons. The van der Waals surface area contributed by atoms with Crippen LogP contribution in [0.4, 0.5) is 0 Å². The molecule has 4 rings (SSSR count). The molecule has 4 aliphatic rings. The summed E-state index contributed by atoms with van der Waals surface area (Å²) in [6, 6.07) is 0. The molecule has 0 amide bonds. The fourth-order valence-electron chi connectivity index (χ4n) is 9.51. The lowest BCUT2D eigenvalue weighted by atomic mass is 9.44. The molecule has 33 heavy (non-hydrogen) atoms. The standard InChI is InChI=1S/C31H53NO/c1-21(2)9-8-10-22(3)26-13-14-27-25-12-11-24-19-29(33)23(16-18-32(6)7)20-31(24,5)28(25)15-17-30(26,27)4/h16,21-22,24-28H,8-15,17-20H2,1-7H3/t22-,24?,25+,26-,27+,28+,30-,31+/m1/s1. The van der Waals surface area contributed by atoms with Gasteiger partial charge in [-0.2, -0.15) is 0 Å². The Labute approximate surface area is 205 Å². The minimum absolute atomic E-state index is 0.345. The van der Waals surface area contributed by atoms with E-state index in [4.69, 9.17) is 0 Å². The maximum atomic E-state index is 13.0. The number of rotatable bonds is 7. The third-order valence-corrected chi connectivity index (χ3v) is 11.3. The number of likely N-dealkylation sites (N-methyl/N-ethyl adjacent to an activating group) is 1. The number of hydrogen-bond donors (Lipinski definition) is 0. The van der Waals surface area contributed by atoms with Crippen LogP contribution in [0.25, 0.3) is 0 Å². The van der Waals surface area contributed by atoms with Gasteiger partial charge in [0.15, 0.2) is 5.78 Å². The van der Waals surface area contributed by atoms with E-state index in [0.717, 1.165) is 60.5 Å². The van der Waals surface area contributed by atoms with Gasteiger partial charge in [-0.05, 0) is 117 Å². The summed E-state index contributed by atoms with van der Waals surface area (Å²) in [5, 5.41) is 0. The molecule has 8 atom stereocenters. The number of hydrogen-bond acceptors (Lipinski definition) is 2. The SMILES string of the molecule is CC(C)CCC[C@@H](C)[C@H]1CC[C@H]2[C@@H]3CCC4CC(=O)C(=CCN(C)C)C[C@]4(C)[C@H]3CC[C@]12C. The maximum Gasteiger partial charge on any atom is 0.158 e. The van der Waals surface area contributed by atoms with Crippen molar-refractivity contribution in [3.63, 3.8) is 0 Å². The van der Waals surface area contributed by atoms with Crippen molar-refractivity contribution >= 4 is 5.78 Å². The normalized spacial score (nSPS) is 43.0. The Balaban J connectivity index is 1.49. The van der Waals surface area contributed by atoms with Gasteiger partial charge in [-0.1, -0.05) is 60.0 Å². The van der Waals surface area contributed by atoms with Crippen molar-refractivity contribution in [3.05, 3.63) is 11.6 Å². The molecular formula is C31H53NO. The maximum absolute atomic E-state index is 13.0. The van der Waals surface area contributed by atoms with Gasteiger partial charge in [0.05, 0.1) is 0 Å². The summed E-state index contributed by atoms with van der Waals surface area (Å²) >= 11 is 0. The molecule has 0 heterocycles. The second-order valence-corrected chi connectivity index (χ2v) is 14.0. The van der Waals surface area contributed by atoms with Gasteiger partial charge in [-0.25, -0.2) is 0 Å². The van der Waals surface area contributed by atoms with Crippen molar-refractivity contribution in [2.45, 2.75) is 105 Å². The van der Waals surface area contributed by atoms with Crippen LogP contribution in [0.1, 0.15) is 105 Å². The minimum atomic E-state index is 0.345. The van der Waals surface area contributed by atoms with Gasteiger partial charge in [-0.15, -0.1) is 0 Å². The van der Waals surface area contributed by atoms with Crippen molar-refractivity contribution in [2.75, 3.05) is 20.6 Å². The zero-order chi connectivity index (χ0) is 24.0. The second kappa shape index (κ2) is 9.79. The summed E-state index contributed by atoms with van der Waals surface area (Å²) in [4.78, 5) is 15.1. The van der Waals surface area contributed by atoms with E-state index in [1.54, 1.807) is 0 Å². The Morgan fingerprint density at radius 1 is 0.970 bits per heavy atom. The van der Waals surface area contributed by atoms with Gasteiger partial charge in [-0.3, -0.25) is 4.79 Å². The van der Waals surface area contributed by atoms with Gasteiger partial charge in [0, 0.05) is 13.0 Å². The molecule has 1 unspecified atom stereocenters. The van der Waals surface area contributed by atoms with Crippen LogP contribution in [0.5, 0.6) is 0 Å². The lowest BCUT2D eigenvalue weighted by Crippen LogP contribution is -2.54. The van der Waals surface area contributed by atoms with E-state index in [1.807, 2.05) is 0 Å². The molecule has 0 N–H and O–H groups in total. The molecule has 4 saturated carbocycles. The number of carbonyl (C=O) groups is 1. The average molecular weight is 456 g/mol. The predicted molar refractivity (Wildman–Crippen MR) is 140 cm³/mol. The zero-order valence-electron chi connectivity index (χ0n) is 23.0. The largest absolute Gasteiger partial charge is 0.306 e. The highest BCUT2D eigenvalue weighted by atomic mass is 16.1. The predicted octanol–water partition coefficient (Wildman–Crippen LogP) is 7.77. The molecule has 2 heteroatoms. The van der Waals surface area contributed by atoms with E-state index in [9.17, 15) is 4.79 Å². The summed E-state index contributed by atoms with van der Waals surface area (Å²) in [6.07, 6.45) is 16.8. The van der Waals surface area contributed by atoms with Crippen molar-refractivity contribution in [2.24, 2.45) is 52.3 Å². The van der Waals surface area contributed by atoms with Gasteiger partial charge >= 0.3 is 0 Å². The molecule has 0 spiro atoms. The minimum Gasteiger partial charge on any atom is -0.306 e. The van der Waals surface area contributed by atoms with Gasteiger partial charge < -0.3 is 4.90 Å². The first kappa shape index (κ1) is 25.5. The first-order valence-electron chi connectivity index (χ1n) is 14.4. The van der Waals surface area contributed by atoms with Gasteiger partial charge in [0.2, 0.25) is 0 Å². The Bertz CT molecular complexity index is 737. The first-order valence-corrected chi connectivity index (χ1v) is 14.4. The van der Waals surface area contributed by atoms with E-state index in [0.29, 0.717) is 22.5 Å².